The molecule has 4 nitrogen and oxygen atoms in total. The van der Waals surface area contributed by atoms with Crippen LogP contribution in [0.3, 0.4) is 0 Å². The molecule has 0 amide bonds. The highest BCUT2D eigenvalue weighted by molar-refractivity contribution is 5.83. The van der Waals surface area contributed by atoms with Crippen molar-refractivity contribution in [2.45, 2.75) is 46.0 Å². The molecule has 0 aromatic heterocycles. The summed E-state index contributed by atoms with van der Waals surface area (Å²) < 4.78 is 88.8. The van der Waals surface area contributed by atoms with E-state index in [2.05, 4.69) is 0 Å². The van der Waals surface area contributed by atoms with Crippen molar-refractivity contribution < 1.29 is 28.0 Å². The quantitative estimate of drug-likeness (QED) is 0.841. The van der Waals surface area contributed by atoms with Gasteiger partial charge in [-0.2, -0.15) is 0 Å². The Morgan fingerprint density at radius 2 is 2.00 bits per heavy atom. The molecule has 0 spiro atoms. The van der Waals surface area contributed by atoms with Gasteiger partial charge in [-0.3, -0.25) is 9.69 Å². The van der Waals surface area contributed by atoms with Crippen LogP contribution in [-0.4, -0.2) is 37.8 Å². The highest BCUT2D eigenvalue weighted by Crippen LogP contribution is 2.43. The molecule has 1 aromatic carbocycles. The smallest absolute Gasteiger partial charge is 0.161 e. The van der Waals surface area contributed by atoms with Crippen LogP contribution in [0.1, 0.15) is 64.5 Å². The Kier molecular flexibility index (Phi) is 2.32. The lowest BCUT2D eigenvalue weighted by Crippen LogP contribution is -2.47. The highest BCUT2D eigenvalue weighted by Gasteiger charge is 2.39. The van der Waals surface area contributed by atoms with Crippen LogP contribution in [0.4, 0.5) is 0 Å². The SMILES string of the molecule is [2H]C([2H])([2H])Oc1cc2c(cc1OC([2H])([2H])[2H])C([2H])([2H])C([2H])([2H])N1C[C@H](CC(C)(C)C)C(=O)C[C@@H]21. The van der Waals surface area contributed by atoms with Crippen molar-refractivity contribution >= 4 is 5.78 Å². The molecule has 2 heterocycles. The van der Waals surface area contributed by atoms with Crippen LogP contribution in [0.25, 0.3) is 0 Å². The summed E-state index contributed by atoms with van der Waals surface area (Å²) >= 11 is 0. The molecule has 1 aromatic rings. The predicted octanol–water partition coefficient (Wildman–Crippen LogP) is 3.63. The Bertz CT molecular complexity index is 965. The van der Waals surface area contributed by atoms with Gasteiger partial charge in [0, 0.05) is 36.9 Å². The molecule has 24 heavy (non-hydrogen) atoms. The van der Waals surface area contributed by atoms with Crippen LogP contribution in [0.5, 0.6) is 11.5 Å². The third-order valence-corrected chi connectivity index (χ3v) is 4.53. The lowest BCUT2D eigenvalue weighted by Gasteiger charge is -2.44. The largest absolute Gasteiger partial charge is 0.493 e. The molecule has 0 aliphatic carbocycles. The molecule has 2 aliphatic rings. The van der Waals surface area contributed by atoms with Crippen molar-refractivity contribution in [3.8, 4) is 11.5 Å². The van der Waals surface area contributed by atoms with E-state index in [9.17, 15) is 4.79 Å². The van der Waals surface area contributed by atoms with Gasteiger partial charge in [0.05, 0.1) is 22.3 Å². The molecule has 2 atom stereocenters. The van der Waals surface area contributed by atoms with E-state index < -0.39 is 50.4 Å². The number of ketones is 1. The second-order valence-electron chi connectivity index (χ2n) is 7.63. The maximum Gasteiger partial charge on any atom is 0.161 e. The molecule has 1 saturated heterocycles. The Labute approximate surface area is 159 Å². The zero-order chi connectivity index (χ0) is 26.1. The van der Waals surface area contributed by atoms with E-state index in [-0.39, 0.29) is 35.3 Å². The topological polar surface area (TPSA) is 38.8 Å². The average Bonchev–Trinajstić information content (AvgIpc) is 2.59. The minimum absolute atomic E-state index is 0.00426. The normalized spacial score (nSPS) is 35.7. The summed E-state index contributed by atoms with van der Waals surface area (Å²) in [5.41, 5.74) is -0.243. The van der Waals surface area contributed by atoms with Gasteiger partial charge in [-0.05, 0) is 41.5 Å². The third-order valence-electron chi connectivity index (χ3n) is 4.53. The summed E-state index contributed by atoms with van der Waals surface area (Å²) in [6.07, 6.45) is -2.23. The van der Waals surface area contributed by atoms with Gasteiger partial charge in [0.1, 0.15) is 5.78 Å². The van der Waals surface area contributed by atoms with Crippen molar-refractivity contribution in [2.24, 2.45) is 11.3 Å². The number of hydrogen-bond donors (Lipinski definition) is 0. The van der Waals surface area contributed by atoms with Gasteiger partial charge in [0.2, 0.25) is 0 Å². The first-order chi connectivity index (χ1) is 15.1. The summed E-state index contributed by atoms with van der Waals surface area (Å²) in [4.78, 5) is 14.3. The molecule has 2 aliphatic heterocycles. The first-order valence-corrected chi connectivity index (χ1v) is 7.98. The van der Waals surface area contributed by atoms with E-state index in [4.69, 9.17) is 23.2 Å². The van der Waals surface area contributed by atoms with Crippen molar-refractivity contribution in [3.05, 3.63) is 23.3 Å². The Morgan fingerprint density at radius 1 is 1.29 bits per heavy atom. The Balaban J connectivity index is 2.17. The van der Waals surface area contributed by atoms with Gasteiger partial charge < -0.3 is 9.47 Å². The van der Waals surface area contributed by atoms with E-state index in [0.717, 1.165) is 12.1 Å². The van der Waals surface area contributed by atoms with Crippen LogP contribution in [-0.2, 0) is 11.2 Å². The van der Waals surface area contributed by atoms with Crippen LogP contribution < -0.4 is 9.47 Å². The van der Waals surface area contributed by atoms with Crippen LogP contribution in [0.15, 0.2) is 12.1 Å². The maximum atomic E-state index is 13.0. The number of benzene rings is 1. The number of methoxy groups -OCH3 is 2. The van der Waals surface area contributed by atoms with Crippen molar-refractivity contribution in [1.29, 1.82) is 0 Å². The third kappa shape index (κ3) is 3.30. The van der Waals surface area contributed by atoms with E-state index >= 15 is 0 Å². The molecule has 1 fully saturated rings. The molecule has 0 unspecified atom stereocenters. The Hall–Kier alpha value is -1.55. The Morgan fingerprint density at radius 3 is 2.67 bits per heavy atom. The number of carbonyl (C=O) groups excluding carboxylic acids is 1. The van der Waals surface area contributed by atoms with Crippen LogP contribution in [0.2, 0.25) is 0 Å². The first-order valence-electron chi connectivity index (χ1n) is 13.0. The number of rotatable bonds is 3. The van der Waals surface area contributed by atoms with Crippen molar-refractivity contribution in [3.63, 3.8) is 0 Å². The number of hydrogen-bond acceptors (Lipinski definition) is 4. The highest BCUT2D eigenvalue weighted by atomic mass is 16.5. The summed E-state index contributed by atoms with van der Waals surface area (Å²) in [6, 6.07) is 1.26. The fourth-order valence-corrected chi connectivity index (χ4v) is 3.50. The predicted molar refractivity (Wildman–Crippen MR) is 94.8 cm³/mol. The van der Waals surface area contributed by atoms with Gasteiger partial charge in [0.25, 0.3) is 0 Å². The average molecular weight is 342 g/mol. The minimum Gasteiger partial charge on any atom is -0.493 e. The summed E-state index contributed by atoms with van der Waals surface area (Å²) in [7, 11) is -5.95. The molecule has 0 saturated carbocycles. The molecule has 0 bridgehead atoms. The second-order valence-corrected chi connectivity index (χ2v) is 7.63. The minimum atomic E-state index is -2.99. The maximum absolute atomic E-state index is 13.0. The standard InChI is InChI=1S/C20H29NO3/c1-20(2,3)11-14-12-21-7-6-13-8-18(23-4)19(24-5)9-15(13)16(21)10-17(14)22/h8-9,14,16H,6-7,10-12H2,1-5H3/t14-,16-/m0/s1/i4D3,5D3,6D2,7D2. The van der Waals surface area contributed by atoms with E-state index in [0.29, 0.717) is 6.42 Å². The molecular formula is C20H29NO3. The van der Waals surface area contributed by atoms with Crippen molar-refractivity contribution in [1.82, 2.24) is 4.90 Å². The zero-order valence-corrected chi connectivity index (χ0v) is 14.1. The van der Waals surface area contributed by atoms with Crippen LogP contribution in [0, 0.1) is 11.3 Å². The van der Waals surface area contributed by atoms with E-state index in [1.807, 2.05) is 20.8 Å². The summed E-state index contributed by atoms with van der Waals surface area (Å²) in [5, 5.41) is 0. The molecule has 0 radical (unpaired) electrons. The second kappa shape index (κ2) is 6.40. The van der Waals surface area contributed by atoms with Crippen molar-refractivity contribution in [2.75, 3.05) is 27.1 Å². The number of ether oxygens (including phenoxy) is 2. The van der Waals surface area contributed by atoms with Gasteiger partial charge in [-0.25, -0.2) is 0 Å². The molecular weight excluding hydrogens is 302 g/mol. The van der Waals surface area contributed by atoms with E-state index in [1.54, 1.807) is 0 Å². The number of piperidine rings is 1. The zero-order valence-electron chi connectivity index (χ0n) is 24.1. The van der Waals surface area contributed by atoms with Crippen LogP contribution >= 0.6 is 0 Å². The van der Waals surface area contributed by atoms with Gasteiger partial charge in [-0.15, -0.1) is 0 Å². The lowest BCUT2D eigenvalue weighted by molar-refractivity contribution is -0.130. The summed E-state index contributed by atoms with van der Waals surface area (Å²) in [6.45, 7) is 3.37. The van der Waals surface area contributed by atoms with Gasteiger partial charge in [0.15, 0.2) is 11.5 Å². The monoisotopic (exact) mass is 341 g/mol. The first kappa shape index (κ1) is 8.70. The molecule has 132 valence electrons. The summed E-state index contributed by atoms with van der Waals surface area (Å²) in [5.74, 6) is -1.57. The fraction of sp³-hybridized carbons (Fsp3) is 0.650. The molecule has 0 N–H and O–H groups in total. The number of Topliss-reactive ketones (excluding diaryl/α,β-unsaturated/α-hetero) is 1. The van der Waals surface area contributed by atoms with E-state index in [1.165, 1.54) is 4.90 Å². The number of fused-ring (bicyclic) bond motifs is 3. The number of aryl methyl sites for hydroxylation is 1. The fourth-order valence-electron chi connectivity index (χ4n) is 3.50. The molecule has 4 heteroatoms. The number of carbonyl (C=O) groups is 1. The molecule has 3 rings (SSSR count). The lowest BCUT2D eigenvalue weighted by atomic mass is 9.76. The van der Waals surface area contributed by atoms with Gasteiger partial charge >= 0.3 is 0 Å². The van der Waals surface area contributed by atoms with Gasteiger partial charge in [-0.1, -0.05) is 20.8 Å². The number of nitrogens with zero attached hydrogens (tertiary/aromatic N) is 1.